The number of ether oxygens (including phenoxy) is 1. The van der Waals surface area contributed by atoms with Crippen molar-refractivity contribution in [2.75, 3.05) is 32.8 Å². The van der Waals surface area contributed by atoms with Crippen molar-refractivity contribution >= 4 is 16.9 Å². The fraction of sp³-hybridized carbons (Fsp3) is 0.286. The molecule has 0 spiro atoms. The fourth-order valence-corrected chi connectivity index (χ4v) is 3.55. The van der Waals surface area contributed by atoms with Gasteiger partial charge in [-0.25, -0.2) is 4.39 Å². The molecule has 5 nitrogen and oxygen atoms in total. The van der Waals surface area contributed by atoms with E-state index in [-0.39, 0.29) is 17.8 Å². The van der Waals surface area contributed by atoms with Gasteiger partial charge in [-0.05, 0) is 24.3 Å². The number of nitrogens with one attached hydrogen (secondary N) is 2. The van der Waals surface area contributed by atoms with Crippen LogP contribution in [0.3, 0.4) is 0 Å². The van der Waals surface area contributed by atoms with Gasteiger partial charge in [0.25, 0.3) is 5.91 Å². The summed E-state index contributed by atoms with van der Waals surface area (Å²) in [5, 5.41) is 3.88. The summed E-state index contributed by atoms with van der Waals surface area (Å²) in [6.07, 6.45) is 0. The number of rotatable bonds is 5. The highest BCUT2D eigenvalue weighted by Crippen LogP contribution is 2.19. The maximum Gasteiger partial charge on any atom is 0.287 e. The minimum absolute atomic E-state index is 0.0304. The van der Waals surface area contributed by atoms with Crippen LogP contribution in [0.2, 0.25) is 0 Å². The smallest absolute Gasteiger partial charge is 0.287 e. The average molecular weight is 369 g/mol. The lowest BCUT2D eigenvalue weighted by atomic mass is 10.0. The molecule has 0 unspecified atom stereocenters. The number of hydrogen-bond donors (Lipinski definition) is 2. The molecule has 0 bridgehead atoms. The van der Waals surface area contributed by atoms with Gasteiger partial charge < -0.3 is 19.4 Å². The van der Waals surface area contributed by atoms with E-state index in [0.29, 0.717) is 31.1 Å². The SMILES string of the molecule is O=C(NC[C@H](c1ccc(F)cc1)[NH+]1CCOCC1)c1cc2ccccc2o1. The van der Waals surface area contributed by atoms with E-state index < -0.39 is 0 Å². The maximum atomic E-state index is 13.3. The number of carbonyl (C=O) groups is 1. The van der Waals surface area contributed by atoms with Crippen molar-refractivity contribution in [2.45, 2.75) is 6.04 Å². The van der Waals surface area contributed by atoms with Crippen LogP contribution in [-0.2, 0) is 4.74 Å². The van der Waals surface area contributed by atoms with Crippen LogP contribution in [0.25, 0.3) is 11.0 Å². The van der Waals surface area contributed by atoms with Gasteiger partial charge in [0, 0.05) is 10.9 Å². The van der Waals surface area contributed by atoms with Gasteiger partial charge in [-0.15, -0.1) is 0 Å². The summed E-state index contributed by atoms with van der Waals surface area (Å²) < 4.78 is 24.4. The van der Waals surface area contributed by atoms with E-state index in [2.05, 4.69) is 5.32 Å². The Hall–Kier alpha value is -2.70. The fourth-order valence-electron chi connectivity index (χ4n) is 3.55. The molecule has 1 aromatic heterocycles. The van der Waals surface area contributed by atoms with Crippen molar-refractivity contribution < 1.29 is 23.2 Å². The Morgan fingerprint density at radius 3 is 2.59 bits per heavy atom. The molecule has 27 heavy (non-hydrogen) atoms. The van der Waals surface area contributed by atoms with Crippen molar-refractivity contribution in [2.24, 2.45) is 0 Å². The minimum Gasteiger partial charge on any atom is -0.451 e. The third kappa shape index (κ3) is 4.02. The first-order valence-electron chi connectivity index (χ1n) is 9.15. The van der Waals surface area contributed by atoms with E-state index in [1.165, 1.54) is 17.0 Å². The van der Waals surface area contributed by atoms with Gasteiger partial charge in [0.05, 0.1) is 19.8 Å². The van der Waals surface area contributed by atoms with Crippen molar-refractivity contribution in [3.63, 3.8) is 0 Å². The van der Waals surface area contributed by atoms with Gasteiger partial charge in [0.2, 0.25) is 0 Å². The van der Waals surface area contributed by atoms with Crippen molar-refractivity contribution in [1.29, 1.82) is 0 Å². The highest BCUT2D eigenvalue weighted by Gasteiger charge is 2.27. The topological polar surface area (TPSA) is 55.9 Å². The number of furan rings is 1. The lowest BCUT2D eigenvalue weighted by Crippen LogP contribution is -3.15. The first kappa shape index (κ1) is 17.7. The summed E-state index contributed by atoms with van der Waals surface area (Å²) >= 11 is 0. The third-order valence-corrected chi connectivity index (χ3v) is 5.02. The second-order valence-corrected chi connectivity index (χ2v) is 6.73. The zero-order valence-corrected chi connectivity index (χ0v) is 14.9. The molecule has 0 radical (unpaired) electrons. The number of para-hydroxylation sites is 1. The second-order valence-electron chi connectivity index (χ2n) is 6.73. The predicted octanol–water partition coefficient (Wildman–Crippen LogP) is 1.96. The average Bonchev–Trinajstić information content (AvgIpc) is 3.14. The van der Waals surface area contributed by atoms with Crippen LogP contribution in [-0.4, -0.2) is 38.8 Å². The molecular formula is C21H22FN2O3+. The summed E-state index contributed by atoms with van der Waals surface area (Å²) in [6, 6.07) is 15.8. The molecule has 1 saturated heterocycles. The monoisotopic (exact) mass is 369 g/mol. The molecule has 2 heterocycles. The molecule has 1 fully saturated rings. The standard InChI is InChI=1S/C21H21FN2O3/c22-17-7-5-15(6-8-17)18(24-9-11-26-12-10-24)14-23-21(25)20-13-16-3-1-2-4-19(16)27-20/h1-8,13,18H,9-12,14H2,(H,23,25)/p+1/t18-/m1/s1. The number of fused-ring (bicyclic) bond motifs is 1. The highest BCUT2D eigenvalue weighted by molar-refractivity contribution is 5.96. The van der Waals surface area contributed by atoms with Crippen molar-refractivity contribution in [3.05, 3.63) is 71.7 Å². The van der Waals surface area contributed by atoms with Gasteiger partial charge in [-0.1, -0.05) is 30.3 Å². The third-order valence-electron chi connectivity index (χ3n) is 5.02. The summed E-state index contributed by atoms with van der Waals surface area (Å²) in [5.74, 6) is -0.210. The van der Waals surface area contributed by atoms with E-state index in [9.17, 15) is 9.18 Å². The van der Waals surface area contributed by atoms with Crippen LogP contribution in [0, 0.1) is 5.82 Å². The Labute approximate surface area is 156 Å². The number of carbonyl (C=O) groups excluding carboxylic acids is 1. The van der Waals surface area contributed by atoms with Crippen molar-refractivity contribution in [3.8, 4) is 0 Å². The summed E-state index contributed by atoms with van der Waals surface area (Å²) in [7, 11) is 0. The van der Waals surface area contributed by atoms with E-state index in [1.54, 1.807) is 18.2 Å². The van der Waals surface area contributed by atoms with Gasteiger partial charge in [-0.3, -0.25) is 4.79 Å². The second kappa shape index (κ2) is 7.90. The number of benzene rings is 2. The first-order chi connectivity index (χ1) is 13.2. The Morgan fingerprint density at radius 1 is 1.11 bits per heavy atom. The normalized spacial score (nSPS) is 16.3. The Bertz CT molecular complexity index is 884. The predicted molar refractivity (Wildman–Crippen MR) is 99.2 cm³/mol. The lowest BCUT2D eigenvalue weighted by Gasteiger charge is -2.31. The number of amides is 1. The largest absolute Gasteiger partial charge is 0.451 e. The number of halogens is 1. The van der Waals surface area contributed by atoms with Crippen LogP contribution in [0.5, 0.6) is 0 Å². The van der Waals surface area contributed by atoms with Crippen LogP contribution < -0.4 is 10.2 Å². The molecule has 3 aromatic rings. The molecular weight excluding hydrogens is 347 g/mol. The molecule has 4 rings (SSSR count). The molecule has 1 aliphatic rings. The van der Waals surface area contributed by atoms with Gasteiger partial charge in [-0.2, -0.15) is 0 Å². The van der Waals surface area contributed by atoms with Gasteiger partial charge in [0.15, 0.2) is 5.76 Å². The van der Waals surface area contributed by atoms with Gasteiger partial charge >= 0.3 is 0 Å². The van der Waals surface area contributed by atoms with E-state index in [4.69, 9.17) is 9.15 Å². The Balaban J connectivity index is 1.50. The molecule has 1 aliphatic heterocycles. The van der Waals surface area contributed by atoms with Crippen molar-refractivity contribution in [1.82, 2.24) is 5.32 Å². The lowest BCUT2D eigenvalue weighted by molar-refractivity contribution is -0.937. The Kier molecular flexibility index (Phi) is 5.18. The molecule has 0 aliphatic carbocycles. The molecule has 2 aromatic carbocycles. The molecule has 1 amide bonds. The van der Waals surface area contributed by atoms with Crippen LogP contribution in [0.4, 0.5) is 4.39 Å². The van der Waals surface area contributed by atoms with Crippen LogP contribution in [0.1, 0.15) is 22.2 Å². The minimum atomic E-state index is -0.263. The number of hydrogen-bond acceptors (Lipinski definition) is 3. The number of morpholine rings is 1. The van der Waals surface area contributed by atoms with E-state index >= 15 is 0 Å². The highest BCUT2D eigenvalue weighted by atomic mass is 19.1. The quantitative estimate of drug-likeness (QED) is 0.723. The molecule has 2 N–H and O–H groups in total. The summed E-state index contributed by atoms with van der Waals surface area (Å²) in [6.45, 7) is 3.51. The molecule has 140 valence electrons. The summed E-state index contributed by atoms with van der Waals surface area (Å²) in [4.78, 5) is 13.9. The van der Waals surface area contributed by atoms with Gasteiger partial charge in [0.1, 0.15) is 30.5 Å². The maximum absolute atomic E-state index is 13.3. The first-order valence-corrected chi connectivity index (χ1v) is 9.15. The molecule has 6 heteroatoms. The van der Waals surface area contributed by atoms with E-state index in [1.807, 2.05) is 24.3 Å². The molecule has 1 atom stereocenters. The summed E-state index contributed by atoms with van der Waals surface area (Å²) in [5.41, 5.74) is 1.69. The van der Waals surface area contributed by atoms with E-state index in [0.717, 1.165) is 24.0 Å². The Morgan fingerprint density at radius 2 is 1.85 bits per heavy atom. The number of quaternary nitrogens is 1. The van der Waals surface area contributed by atoms with Crippen LogP contribution in [0.15, 0.2) is 59.0 Å². The van der Waals surface area contributed by atoms with Crippen LogP contribution >= 0.6 is 0 Å². The molecule has 0 saturated carbocycles. The zero-order valence-electron chi connectivity index (χ0n) is 14.9. The zero-order chi connectivity index (χ0) is 18.6.